The minimum absolute atomic E-state index is 0.203. The van der Waals surface area contributed by atoms with Crippen LogP contribution in [0.3, 0.4) is 0 Å². The van der Waals surface area contributed by atoms with E-state index in [1.807, 2.05) is 0 Å². The molecule has 0 heterocycles. The molecule has 0 spiro atoms. The molecule has 0 aliphatic rings. The van der Waals surface area contributed by atoms with Crippen molar-refractivity contribution >= 4 is 5.97 Å². The van der Waals surface area contributed by atoms with Gasteiger partial charge in [0, 0.05) is 6.92 Å². The molecule has 0 N–H and O–H groups in total. The second kappa shape index (κ2) is 3.72. The molecule has 0 bridgehead atoms. The van der Waals surface area contributed by atoms with Crippen LogP contribution in [0.25, 0.3) is 0 Å². The molecule has 3 heteroatoms. The SMILES string of the molecule is CC(=O)OC[C@@H](C)[N+](C)(C)C. The molecule has 0 aromatic rings. The summed E-state index contributed by atoms with van der Waals surface area (Å²) in [5.74, 6) is -0.203. The molecule has 0 radical (unpaired) electrons. The lowest BCUT2D eigenvalue weighted by atomic mass is 10.3. The maximum Gasteiger partial charge on any atom is 0.302 e. The van der Waals surface area contributed by atoms with E-state index in [1.165, 1.54) is 6.92 Å². The highest BCUT2D eigenvalue weighted by atomic mass is 16.5. The number of esters is 1. The lowest BCUT2D eigenvalue weighted by molar-refractivity contribution is -0.894. The summed E-state index contributed by atoms with van der Waals surface area (Å²) in [4.78, 5) is 10.4. The molecule has 0 aliphatic heterocycles. The number of rotatable bonds is 3. The van der Waals surface area contributed by atoms with Crippen LogP contribution in [-0.4, -0.2) is 44.2 Å². The van der Waals surface area contributed by atoms with Crippen molar-refractivity contribution < 1.29 is 14.0 Å². The highest BCUT2D eigenvalue weighted by Gasteiger charge is 2.18. The first kappa shape index (κ1) is 10.4. The molecule has 0 aromatic carbocycles. The van der Waals surface area contributed by atoms with Gasteiger partial charge in [0.1, 0.15) is 12.6 Å². The maximum atomic E-state index is 10.4. The second-order valence-corrected chi connectivity index (χ2v) is 3.77. The average molecular weight is 160 g/mol. The van der Waals surface area contributed by atoms with E-state index >= 15 is 0 Å². The molecule has 0 unspecified atom stereocenters. The van der Waals surface area contributed by atoms with Gasteiger partial charge in [-0.3, -0.25) is 4.79 Å². The Hall–Kier alpha value is -0.570. The Morgan fingerprint density at radius 3 is 2.18 bits per heavy atom. The molecule has 0 amide bonds. The van der Waals surface area contributed by atoms with Gasteiger partial charge in [0.15, 0.2) is 0 Å². The highest BCUT2D eigenvalue weighted by molar-refractivity contribution is 5.65. The van der Waals surface area contributed by atoms with Crippen LogP contribution in [0.2, 0.25) is 0 Å². The third-order valence-corrected chi connectivity index (χ3v) is 1.85. The van der Waals surface area contributed by atoms with E-state index in [0.717, 1.165) is 4.48 Å². The summed E-state index contributed by atoms with van der Waals surface area (Å²) in [5, 5.41) is 0. The summed E-state index contributed by atoms with van der Waals surface area (Å²) in [7, 11) is 6.23. The van der Waals surface area contributed by atoms with E-state index in [9.17, 15) is 4.79 Å². The van der Waals surface area contributed by atoms with Crippen LogP contribution in [0.5, 0.6) is 0 Å². The van der Waals surface area contributed by atoms with Crippen molar-refractivity contribution in [3.63, 3.8) is 0 Å². The molecule has 0 aliphatic carbocycles. The van der Waals surface area contributed by atoms with Gasteiger partial charge < -0.3 is 9.22 Å². The third-order valence-electron chi connectivity index (χ3n) is 1.85. The summed E-state index contributed by atoms with van der Waals surface area (Å²) < 4.78 is 5.69. The van der Waals surface area contributed by atoms with Gasteiger partial charge in [0.05, 0.1) is 21.1 Å². The van der Waals surface area contributed by atoms with E-state index in [2.05, 4.69) is 28.1 Å². The monoisotopic (exact) mass is 160 g/mol. The summed E-state index contributed by atoms with van der Waals surface area (Å²) in [6.07, 6.45) is 0. The Balaban J connectivity index is 3.70. The first-order valence-corrected chi connectivity index (χ1v) is 3.78. The lowest BCUT2D eigenvalue weighted by Gasteiger charge is -2.30. The number of quaternary nitrogens is 1. The van der Waals surface area contributed by atoms with E-state index in [1.54, 1.807) is 0 Å². The summed E-state index contributed by atoms with van der Waals surface area (Å²) in [5.41, 5.74) is 0. The van der Waals surface area contributed by atoms with Crippen LogP contribution >= 0.6 is 0 Å². The molecular weight excluding hydrogens is 142 g/mol. The van der Waals surface area contributed by atoms with Crippen molar-refractivity contribution in [1.82, 2.24) is 0 Å². The van der Waals surface area contributed by atoms with E-state index in [0.29, 0.717) is 12.6 Å². The van der Waals surface area contributed by atoms with Crippen LogP contribution in [0.1, 0.15) is 13.8 Å². The smallest absolute Gasteiger partial charge is 0.302 e. The van der Waals surface area contributed by atoms with Gasteiger partial charge in [-0.2, -0.15) is 0 Å². The Morgan fingerprint density at radius 1 is 1.45 bits per heavy atom. The molecule has 0 fully saturated rings. The molecule has 66 valence electrons. The van der Waals surface area contributed by atoms with Crippen LogP contribution in [0.4, 0.5) is 0 Å². The van der Waals surface area contributed by atoms with Crippen LogP contribution in [0.15, 0.2) is 0 Å². The van der Waals surface area contributed by atoms with Gasteiger partial charge in [-0.15, -0.1) is 0 Å². The fourth-order valence-corrected chi connectivity index (χ4v) is 0.462. The van der Waals surface area contributed by atoms with Crippen molar-refractivity contribution in [2.24, 2.45) is 0 Å². The Kier molecular flexibility index (Phi) is 3.52. The summed E-state index contributed by atoms with van der Waals surface area (Å²) in [6.45, 7) is 3.99. The zero-order valence-corrected chi connectivity index (χ0v) is 8.05. The lowest BCUT2D eigenvalue weighted by Crippen LogP contribution is -2.46. The fraction of sp³-hybridized carbons (Fsp3) is 0.875. The largest absolute Gasteiger partial charge is 0.460 e. The Morgan fingerprint density at radius 2 is 1.91 bits per heavy atom. The predicted molar refractivity (Wildman–Crippen MR) is 44.1 cm³/mol. The van der Waals surface area contributed by atoms with Crippen LogP contribution in [-0.2, 0) is 9.53 Å². The highest BCUT2D eigenvalue weighted by Crippen LogP contribution is 2.01. The quantitative estimate of drug-likeness (QED) is 0.447. The zero-order chi connectivity index (χ0) is 9.07. The number of ether oxygens (including phenoxy) is 1. The van der Waals surface area contributed by atoms with E-state index < -0.39 is 0 Å². The number of nitrogens with zero attached hydrogens (tertiary/aromatic N) is 1. The molecule has 0 saturated carbocycles. The molecular formula is C8H18NO2+. The van der Waals surface area contributed by atoms with E-state index in [-0.39, 0.29) is 5.97 Å². The number of carbonyl (C=O) groups is 1. The van der Waals surface area contributed by atoms with Gasteiger partial charge in [-0.25, -0.2) is 0 Å². The molecule has 1 atom stereocenters. The predicted octanol–water partition coefficient (Wildman–Crippen LogP) is 0.644. The molecule has 0 aromatic heterocycles. The van der Waals surface area contributed by atoms with Gasteiger partial charge >= 0.3 is 5.97 Å². The first-order chi connectivity index (χ1) is 4.84. The van der Waals surface area contributed by atoms with Gasteiger partial charge in [-0.1, -0.05) is 0 Å². The van der Waals surface area contributed by atoms with Gasteiger partial charge in [0.25, 0.3) is 0 Å². The molecule has 3 nitrogen and oxygen atoms in total. The minimum Gasteiger partial charge on any atom is -0.460 e. The topological polar surface area (TPSA) is 26.3 Å². The van der Waals surface area contributed by atoms with Crippen molar-refractivity contribution in [2.45, 2.75) is 19.9 Å². The maximum absolute atomic E-state index is 10.4. The van der Waals surface area contributed by atoms with E-state index in [4.69, 9.17) is 4.74 Å². The van der Waals surface area contributed by atoms with Crippen molar-refractivity contribution in [3.05, 3.63) is 0 Å². The van der Waals surface area contributed by atoms with Gasteiger partial charge in [0.2, 0.25) is 0 Å². The standard InChI is InChI=1S/C8H18NO2/c1-7(9(3,4)5)6-11-8(2)10/h7H,6H2,1-5H3/q+1/t7-/m1/s1. The zero-order valence-electron chi connectivity index (χ0n) is 8.05. The van der Waals surface area contributed by atoms with Crippen LogP contribution in [0, 0.1) is 0 Å². The number of hydrogen-bond acceptors (Lipinski definition) is 2. The average Bonchev–Trinajstić information content (AvgIpc) is 1.80. The first-order valence-electron chi connectivity index (χ1n) is 3.78. The number of carbonyl (C=O) groups excluding carboxylic acids is 1. The Labute approximate surface area is 68.5 Å². The second-order valence-electron chi connectivity index (χ2n) is 3.77. The van der Waals surface area contributed by atoms with Crippen molar-refractivity contribution in [1.29, 1.82) is 0 Å². The normalized spacial score (nSPS) is 14.3. The number of likely N-dealkylation sites (N-methyl/N-ethyl adjacent to an activating group) is 1. The van der Waals surface area contributed by atoms with Crippen LogP contribution < -0.4 is 0 Å². The summed E-state index contributed by atoms with van der Waals surface area (Å²) >= 11 is 0. The minimum atomic E-state index is -0.203. The Bertz CT molecular complexity index is 138. The molecule has 11 heavy (non-hydrogen) atoms. The summed E-state index contributed by atoms with van der Waals surface area (Å²) in [6, 6.07) is 0.346. The number of hydrogen-bond donors (Lipinski definition) is 0. The fourth-order valence-electron chi connectivity index (χ4n) is 0.462. The van der Waals surface area contributed by atoms with Crippen molar-refractivity contribution in [3.8, 4) is 0 Å². The molecule has 0 rings (SSSR count). The van der Waals surface area contributed by atoms with Gasteiger partial charge in [-0.05, 0) is 6.92 Å². The third kappa shape index (κ3) is 4.79. The molecule has 0 saturated heterocycles. The van der Waals surface area contributed by atoms with Crippen molar-refractivity contribution in [2.75, 3.05) is 27.7 Å².